The van der Waals surface area contributed by atoms with Crippen LogP contribution in [-0.4, -0.2) is 33.5 Å². The molecule has 0 aliphatic heterocycles. The van der Waals surface area contributed by atoms with E-state index in [9.17, 15) is 0 Å². The topological polar surface area (TPSA) is 50.7 Å². The van der Waals surface area contributed by atoms with E-state index in [-0.39, 0.29) is 0 Å². The van der Waals surface area contributed by atoms with Crippen molar-refractivity contribution < 1.29 is 0 Å². The van der Waals surface area contributed by atoms with Crippen LogP contribution in [-0.2, 0) is 0 Å². The van der Waals surface area contributed by atoms with Crippen molar-refractivity contribution in [2.24, 2.45) is 0 Å². The molecule has 0 saturated carbocycles. The minimum absolute atomic E-state index is 0.654. The molecule has 1 aromatic carbocycles. The lowest BCUT2D eigenvalue weighted by molar-refractivity contribution is 1.13. The third kappa shape index (κ3) is 3.13. The fourth-order valence-corrected chi connectivity index (χ4v) is 2.40. The standard InChI is InChI=1S/C16H16N4S/c1-21-11-10-18-15-12-6-2-3-7-13(12)19-16(20-15)14-8-4-5-9-17-14/h2-9H,10-11H2,1H3,(H,18,19,20). The van der Waals surface area contributed by atoms with Crippen LogP contribution >= 0.6 is 11.8 Å². The van der Waals surface area contributed by atoms with Crippen molar-refractivity contribution in [3.8, 4) is 11.5 Å². The molecule has 0 unspecified atom stereocenters. The van der Waals surface area contributed by atoms with E-state index in [1.807, 2.05) is 54.2 Å². The number of hydrogen-bond donors (Lipinski definition) is 1. The molecule has 0 aliphatic rings. The number of fused-ring (bicyclic) bond motifs is 1. The Morgan fingerprint density at radius 2 is 1.90 bits per heavy atom. The summed E-state index contributed by atoms with van der Waals surface area (Å²) in [5.74, 6) is 2.56. The van der Waals surface area contributed by atoms with Gasteiger partial charge < -0.3 is 5.32 Å². The maximum absolute atomic E-state index is 4.65. The number of para-hydroxylation sites is 1. The van der Waals surface area contributed by atoms with E-state index >= 15 is 0 Å². The van der Waals surface area contributed by atoms with E-state index in [4.69, 9.17) is 0 Å². The first-order chi connectivity index (χ1) is 10.4. The van der Waals surface area contributed by atoms with Gasteiger partial charge in [0.15, 0.2) is 5.82 Å². The quantitative estimate of drug-likeness (QED) is 0.731. The lowest BCUT2D eigenvalue weighted by atomic mass is 10.2. The Morgan fingerprint density at radius 3 is 2.71 bits per heavy atom. The highest BCUT2D eigenvalue weighted by Gasteiger charge is 2.09. The van der Waals surface area contributed by atoms with Gasteiger partial charge >= 0.3 is 0 Å². The first-order valence-electron chi connectivity index (χ1n) is 6.79. The first kappa shape index (κ1) is 13.8. The number of aromatic nitrogens is 3. The second-order valence-electron chi connectivity index (χ2n) is 4.55. The maximum atomic E-state index is 4.65. The van der Waals surface area contributed by atoms with Crippen LogP contribution < -0.4 is 5.32 Å². The fourth-order valence-electron chi connectivity index (χ4n) is 2.09. The van der Waals surface area contributed by atoms with Gasteiger partial charge in [-0.05, 0) is 30.5 Å². The molecular weight excluding hydrogens is 280 g/mol. The van der Waals surface area contributed by atoms with E-state index in [1.54, 1.807) is 6.20 Å². The van der Waals surface area contributed by atoms with Gasteiger partial charge in [-0.15, -0.1) is 0 Å². The highest BCUT2D eigenvalue weighted by Crippen LogP contribution is 2.23. The minimum Gasteiger partial charge on any atom is -0.369 e. The molecule has 3 rings (SSSR count). The number of nitrogens with zero attached hydrogens (tertiary/aromatic N) is 3. The molecule has 0 aliphatic carbocycles. The molecule has 3 aromatic rings. The van der Waals surface area contributed by atoms with Crippen molar-refractivity contribution in [2.45, 2.75) is 0 Å². The molecule has 0 radical (unpaired) electrons. The number of anilines is 1. The second kappa shape index (κ2) is 6.54. The normalized spacial score (nSPS) is 10.7. The Hall–Kier alpha value is -2.14. The molecule has 2 aromatic heterocycles. The van der Waals surface area contributed by atoms with Crippen molar-refractivity contribution in [1.29, 1.82) is 0 Å². The Morgan fingerprint density at radius 1 is 1.05 bits per heavy atom. The van der Waals surface area contributed by atoms with Crippen molar-refractivity contribution in [1.82, 2.24) is 15.0 Å². The van der Waals surface area contributed by atoms with Crippen LogP contribution in [0.3, 0.4) is 0 Å². The number of thioether (sulfide) groups is 1. The summed E-state index contributed by atoms with van der Waals surface area (Å²) >= 11 is 1.81. The van der Waals surface area contributed by atoms with Crippen LogP contribution in [0, 0.1) is 0 Å². The Balaban J connectivity index is 2.06. The molecule has 0 atom stereocenters. The highest BCUT2D eigenvalue weighted by molar-refractivity contribution is 7.98. The van der Waals surface area contributed by atoms with Gasteiger partial charge in [0.2, 0.25) is 0 Å². The molecule has 5 heteroatoms. The second-order valence-corrected chi connectivity index (χ2v) is 5.53. The largest absolute Gasteiger partial charge is 0.369 e. The molecule has 0 bridgehead atoms. The summed E-state index contributed by atoms with van der Waals surface area (Å²) in [4.78, 5) is 13.6. The predicted octanol–water partition coefficient (Wildman–Crippen LogP) is 3.47. The Bertz CT molecular complexity index is 731. The number of hydrogen-bond acceptors (Lipinski definition) is 5. The molecule has 0 fully saturated rings. The van der Waals surface area contributed by atoms with Gasteiger partial charge in [-0.2, -0.15) is 11.8 Å². The fraction of sp³-hybridized carbons (Fsp3) is 0.188. The molecule has 21 heavy (non-hydrogen) atoms. The van der Waals surface area contributed by atoms with Gasteiger partial charge in [0.1, 0.15) is 11.5 Å². The SMILES string of the molecule is CSCCNc1nc(-c2ccccn2)nc2ccccc12. The van der Waals surface area contributed by atoms with Crippen LogP contribution in [0.1, 0.15) is 0 Å². The van der Waals surface area contributed by atoms with E-state index in [1.165, 1.54) is 0 Å². The van der Waals surface area contributed by atoms with E-state index in [0.717, 1.165) is 34.7 Å². The summed E-state index contributed by atoms with van der Waals surface area (Å²) in [5.41, 5.74) is 1.72. The number of pyridine rings is 1. The molecule has 2 heterocycles. The number of benzene rings is 1. The van der Waals surface area contributed by atoms with Crippen LogP contribution in [0.15, 0.2) is 48.7 Å². The molecular formula is C16H16N4S. The molecule has 0 amide bonds. The molecule has 0 saturated heterocycles. The third-order valence-corrected chi connectivity index (χ3v) is 3.71. The van der Waals surface area contributed by atoms with Gasteiger partial charge in [-0.1, -0.05) is 18.2 Å². The monoisotopic (exact) mass is 296 g/mol. The lowest BCUT2D eigenvalue weighted by Gasteiger charge is -2.10. The van der Waals surface area contributed by atoms with Crippen molar-refractivity contribution in [2.75, 3.05) is 23.9 Å². The number of nitrogens with one attached hydrogen (secondary N) is 1. The average Bonchev–Trinajstić information content (AvgIpc) is 2.55. The third-order valence-electron chi connectivity index (χ3n) is 3.10. The van der Waals surface area contributed by atoms with Crippen LogP contribution in [0.2, 0.25) is 0 Å². The molecule has 106 valence electrons. The van der Waals surface area contributed by atoms with Crippen LogP contribution in [0.25, 0.3) is 22.4 Å². The maximum Gasteiger partial charge on any atom is 0.180 e. The summed E-state index contributed by atoms with van der Waals surface area (Å²) in [7, 11) is 0. The van der Waals surface area contributed by atoms with Gasteiger partial charge in [0.05, 0.1) is 5.52 Å². The zero-order valence-electron chi connectivity index (χ0n) is 11.8. The van der Waals surface area contributed by atoms with Gasteiger partial charge in [0.25, 0.3) is 0 Å². The zero-order chi connectivity index (χ0) is 14.5. The smallest absolute Gasteiger partial charge is 0.180 e. The van der Waals surface area contributed by atoms with Gasteiger partial charge in [-0.3, -0.25) is 4.98 Å². The van der Waals surface area contributed by atoms with Gasteiger partial charge in [0, 0.05) is 23.9 Å². The van der Waals surface area contributed by atoms with Crippen molar-refractivity contribution in [3.05, 3.63) is 48.7 Å². The van der Waals surface area contributed by atoms with Crippen molar-refractivity contribution in [3.63, 3.8) is 0 Å². The van der Waals surface area contributed by atoms with Crippen molar-refractivity contribution >= 4 is 28.5 Å². The average molecular weight is 296 g/mol. The first-order valence-corrected chi connectivity index (χ1v) is 8.19. The Kier molecular flexibility index (Phi) is 4.31. The lowest BCUT2D eigenvalue weighted by Crippen LogP contribution is -2.07. The van der Waals surface area contributed by atoms with Crippen LogP contribution in [0.4, 0.5) is 5.82 Å². The molecule has 4 nitrogen and oxygen atoms in total. The van der Waals surface area contributed by atoms with Gasteiger partial charge in [-0.25, -0.2) is 9.97 Å². The number of rotatable bonds is 5. The van der Waals surface area contributed by atoms with E-state index in [0.29, 0.717) is 5.82 Å². The minimum atomic E-state index is 0.654. The predicted molar refractivity (Wildman–Crippen MR) is 89.6 cm³/mol. The molecule has 1 N–H and O–H groups in total. The summed E-state index contributed by atoms with van der Waals surface area (Å²) in [6.45, 7) is 0.879. The van der Waals surface area contributed by atoms with E-state index < -0.39 is 0 Å². The Labute approximate surface area is 128 Å². The summed E-state index contributed by atoms with van der Waals surface area (Å²) in [6.07, 6.45) is 3.85. The summed E-state index contributed by atoms with van der Waals surface area (Å²) < 4.78 is 0. The summed E-state index contributed by atoms with van der Waals surface area (Å²) in [5, 5.41) is 4.44. The van der Waals surface area contributed by atoms with E-state index in [2.05, 4.69) is 26.5 Å². The summed E-state index contributed by atoms with van der Waals surface area (Å²) in [6, 6.07) is 13.8. The molecule has 0 spiro atoms. The van der Waals surface area contributed by atoms with Crippen LogP contribution in [0.5, 0.6) is 0 Å². The zero-order valence-corrected chi connectivity index (χ0v) is 12.6. The highest BCUT2D eigenvalue weighted by atomic mass is 32.2.